The molecule has 0 radical (unpaired) electrons. The smallest absolute Gasteiger partial charge is 0.232 e. The van der Waals surface area contributed by atoms with Crippen LogP contribution in [0.4, 0.5) is 5.69 Å². The van der Waals surface area contributed by atoms with E-state index < -0.39 is 0 Å². The van der Waals surface area contributed by atoms with Gasteiger partial charge in [-0.3, -0.25) is 14.5 Å². The molecule has 2 aromatic carbocycles. The van der Waals surface area contributed by atoms with Crippen LogP contribution in [0, 0.1) is 0 Å². The van der Waals surface area contributed by atoms with E-state index >= 15 is 0 Å². The first-order valence-corrected chi connectivity index (χ1v) is 10.1. The second kappa shape index (κ2) is 8.11. The molecule has 0 spiro atoms. The first kappa shape index (κ1) is 19.2. The zero-order valence-corrected chi connectivity index (χ0v) is 16.8. The molecule has 4 rings (SSSR count). The van der Waals surface area contributed by atoms with Gasteiger partial charge in [-0.1, -0.05) is 12.1 Å². The number of carbonyl (C=O) groups is 2. The predicted octanol–water partition coefficient (Wildman–Crippen LogP) is 4.62. The van der Waals surface area contributed by atoms with Crippen LogP contribution < -0.4 is 14.4 Å². The van der Waals surface area contributed by atoms with Crippen molar-refractivity contribution in [2.24, 2.45) is 0 Å². The van der Waals surface area contributed by atoms with Gasteiger partial charge in [-0.2, -0.15) is 0 Å². The molecule has 5 heteroatoms. The van der Waals surface area contributed by atoms with Crippen LogP contribution in [0.5, 0.6) is 11.5 Å². The van der Waals surface area contributed by atoms with E-state index in [0.29, 0.717) is 13.0 Å². The second-order valence-corrected chi connectivity index (χ2v) is 7.33. The third-order valence-corrected chi connectivity index (χ3v) is 5.58. The predicted molar refractivity (Wildman–Crippen MR) is 111 cm³/mol. The number of anilines is 1. The third-order valence-electron chi connectivity index (χ3n) is 5.58. The Kier molecular flexibility index (Phi) is 5.38. The van der Waals surface area contributed by atoms with Gasteiger partial charge < -0.3 is 9.47 Å². The number of hydrogen-bond acceptors (Lipinski definition) is 4. The highest BCUT2D eigenvalue weighted by Gasteiger charge is 2.39. The van der Waals surface area contributed by atoms with Crippen LogP contribution in [0.25, 0.3) is 0 Å². The van der Waals surface area contributed by atoms with E-state index in [1.165, 1.54) is 0 Å². The summed E-state index contributed by atoms with van der Waals surface area (Å²) >= 11 is 0. The average molecular weight is 391 g/mol. The lowest BCUT2D eigenvalue weighted by Crippen LogP contribution is -2.40. The molecule has 29 heavy (non-hydrogen) atoms. The van der Waals surface area contributed by atoms with Crippen LogP contribution in [0.3, 0.4) is 0 Å². The number of hydrogen-bond donors (Lipinski definition) is 0. The van der Waals surface area contributed by atoms with Gasteiger partial charge in [-0.05, 0) is 61.7 Å². The van der Waals surface area contributed by atoms with Gasteiger partial charge in [0.05, 0.1) is 13.7 Å². The number of rotatable bonds is 5. The molecule has 0 aromatic heterocycles. The molecule has 0 N–H and O–H groups in total. The van der Waals surface area contributed by atoms with E-state index in [9.17, 15) is 9.59 Å². The van der Waals surface area contributed by atoms with Crippen molar-refractivity contribution >= 4 is 17.4 Å². The number of nitrogens with zero attached hydrogens (tertiary/aromatic N) is 1. The van der Waals surface area contributed by atoms with Crippen molar-refractivity contribution < 1.29 is 19.1 Å². The highest BCUT2D eigenvalue weighted by Crippen LogP contribution is 2.44. The van der Waals surface area contributed by atoms with Gasteiger partial charge in [0, 0.05) is 35.7 Å². The van der Waals surface area contributed by atoms with Crippen LogP contribution in [0.15, 0.2) is 59.8 Å². The number of amides is 1. The van der Waals surface area contributed by atoms with Gasteiger partial charge in [0.15, 0.2) is 5.78 Å². The molecule has 0 saturated carbocycles. The molecule has 1 aliphatic heterocycles. The van der Waals surface area contributed by atoms with Gasteiger partial charge in [0.1, 0.15) is 11.5 Å². The van der Waals surface area contributed by atoms with E-state index in [2.05, 4.69) is 0 Å². The van der Waals surface area contributed by atoms with Gasteiger partial charge >= 0.3 is 0 Å². The van der Waals surface area contributed by atoms with Crippen molar-refractivity contribution in [3.63, 3.8) is 0 Å². The van der Waals surface area contributed by atoms with Gasteiger partial charge in [-0.15, -0.1) is 0 Å². The molecule has 1 heterocycles. The number of allylic oxidation sites excluding steroid dienone is 2. The maximum absolute atomic E-state index is 13.2. The van der Waals surface area contributed by atoms with Crippen LogP contribution in [0.2, 0.25) is 0 Å². The van der Waals surface area contributed by atoms with Crippen LogP contribution >= 0.6 is 0 Å². The molecule has 2 aromatic rings. The summed E-state index contributed by atoms with van der Waals surface area (Å²) in [6.45, 7) is 2.53. The summed E-state index contributed by atoms with van der Waals surface area (Å²) in [5.41, 5.74) is 3.35. The quantitative estimate of drug-likeness (QED) is 0.746. The molecule has 0 saturated heterocycles. The number of ether oxygens (including phenoxy) is 2. The Balaban J connectivity index is 1.78. The standard InChI is InChI=1S/C24H25NO4/c1-3-29-18-12-10-17(11-13-18)25-21-8-5-9-22(26)24(21)20(15-23(25)27)16-6-4-7-19(14-16)28-2/h4,6-7,10-14,20H,3,5,8-9,15H2,1-2H3. The monoisotopic (exact) mass is 391 g/mol. The summed E-state index contributed by atoms with van der Waals surface area (Å²) in [7, 11) is 1.62. The molecule has 1 atom stereocenters. The van der Waals surface area contributed by atoms with Crippen molar-refractivity contribution in [2.75, 3.05) is 18.6 Å². The highest BCUT2D eigenvalue weighted by atomic mass is 16.5. The summed E-state index contributed by atoms with van der Waals surface area (Å²) in [4.78, 5) is 27.9. The maximum Gasteiger partial charge on any atom is 0.232 e. The molecule has 1 amide bonds. The Morgan fingerprint density at radius 3 is 2.55 bits per heavy atom. The Bertz CT molecular complexity index is 961. The number of Topliss-reactive ketones (excluding diaryl/α,β-unsaturated/α-hetero) is 1. The largest absolute Gasteiger partial charge is 0.497 e. The van der Waals surface area contributed by atoms with E-state index in [0.717, 1.165) is 46.9 Å². The fraction of sp³-hybridized carbons (Fsp3) is 0.333. The Morgan fingerprint density at radius 1 is 1.03 bits per heavy atom. The van der Waals surface area contributed by atoms with Crippen molar-refractivity contribution in [2.45, 2.75) is 38.5 Å². The average Bonchev–Trinajstić information content (AvgIpc) is 2.74. The Labute approximate surface area is 170 Å². The number of benzene rings is 2. The lowest BCUT2D eigenvalue weighted by atomic mass is 9.77. The number of ketones is 1. The topological polar surface area (TPSA) is 55.8 Å². The molecule has 0 fully saturated rings. The van der Waals surface area contributed by atoms with Crippen molar-refractivity contribution in [3.05, 3.63) is 65.4 Å². The van der Waals surface area contributed by atoms with Gasteiger partial charge in [0.2, 0.25) is 5.91 Å². The number of methoxy groups -OCH3 is 1. The van der Waals surface area contributed by atoms with Crippen LogP contribution in [0.1, 0.15) is 44.1 Å². The first-order valence-electron chi connectivity index (χ1n) is 10.1. The second-order valence-electron chi connectivity index (χ2n) is 7.33. The summed E-state index contributed by atoms with van der Waals surface area (Å²) < 4.78 is 10.9. The minimum Gasteiger partial charge on any atom is -0.497 e. The first-order chi connectivity index (χ1) is 14.1. The number of carbonyl (C=O) groups excluding carboxylic acids is 2. The van der Waals surface area contributed by atoms with E-state index in [4.69, 9.17) is 9.47 Å². The normalized spacial score (nSPS) is 19.2. The zero-order chi connectivity index (χ0) is 20.4. The Hall–Kier alpha value is -3.08. The van der Waals surface area contributed by atoms with Crippen LogP contribution in [-0.2, 0) is 9.59 Å². The molecule has 1 aliphatic carbocycles. The van der Waals surface area contributed by atoms with Gasteiger partial charge in [0.25, 0.3) is 0 Å². The van der Waals surface area contributed by atoms with Crippen molar-refractivity contribution in [3.8, 4) is 11.5 Å². The van der Waals surface area contributed by atoms with Crippen LogP contribution in [-0.4, -0.2) is 25.4 Å². The van der Waals surface area contributed by atoms with E-state index in [1.807, 2.05) is 55.5 Å². The van der Waals surface area contributed by atoms with Crippen molar-refractivity contribution in [1.82, 2.24) is 0 Å². The summed E-state index contributed by atoms with van der Waals surface area (Å²) in [6, 6.07) is 15.2. The highest BCUT2D eigenvalue weighted by molar-refractivity contribution is 6.07. The summed E-state index contributed by atoms with van der Waals surface area (Å²) in [5, 5.41) is 0. The molecule has 5 nitrogen and oxygen atoms in total. The molecule has 1 unspecified atom stereocenters. The maximum atomic E-state index is 13.2. The third kappa shape index (κ3) is 3.65. The lowest BCUT2D eigenvalue weighted by molar-refractivity contribution is -0.119. The molecule has 0 bridgehead atoms. The lowest BCUT2D eigenvalue weighted by Gasteiger charge is -2.38. The minimum absolute atomic E-state index is 0.00966. The fourth-order valence-electron chi connectivity index (χ4n) is 4.29. The molecule has 150 valence electrons. The Morgan fingerprint density at radius 2 is 1.83 bits per heavy atom. The zero-order valence-electron chi connectivity index (χ0n) is 16.8. The van der Waals surface area contributed by atoms with E-state index in [-0.39, 0.29) is 24.0 Å². The van der Waals surface area contributed by atoms with Gasteiger partial charge in [-0.25, -0.2) is 0 Å². The molecule has 2 aliphatic rings. The van der Waals surface area contributed by atoms with Crippen molar-refractivity contribution in [1.29, 1.82) is 0 Å². The molecular formula is C24H25NO4. The minimum atomic E-state index is -0.223. The van der Waals surface area contributed by atoms with E-state index in [1.54, 1.807) is 12.0 Å². The summed E-state index contributed by atoms with van der Waals surface area (Å²) in [5.74, 6) is 1.43. The fourth-order valence-corrected chi connectivity index (χ4v) is 4.29. The SMILES string of the molecule is CCOc1ccc(N2C(=O)CC(c3cccc(OC)c3)C3=C2CCCC3=O)cc1. The summed E-state index contributed by atoms with van der Waals surface area (Å²) in [6.07, 6.45) is 2.29. The molecular weight excluding hydrogens is 366 g/mol.